The zero-order valence-corrected chi connectivity index (χ0v) is 16.9. The van der Waals surface area contributed by atoms with Gasteiger partial charge in [0.1, 0.15) is 5.82 Å². The zero-order valence-electron chi connectivity index (χ0n) is 16.9. The summed E-state index contributed by atoms with van der Waals surface area (Å²) in [7, 11) is 0. The Morgan fingerprint density at radius 2 is 1.97 bits per heavy atom. The van der Waals surface area contributed by atoms with Crippen LogP contribution in [0.3, 0.4) is 0 Å². The van der Waals surface area contributed by atoms with E-state index in [0.29, 0.717) is 22.9 Å². The molecule has 2 aromatic carbocycles. The first kappa shape index (κ1) is 19.5. The van der Waals surface area contributed by atoms with E-state index in [1.54, 1.807) is 12.3 Å². The van der Waals surface area contributed by atoms with E-state index in [1.165, 1.54) is 24.2 Å². The zero-order chi connectivity index (χ0) is 20.4. The molecule has 0 saturated carbocycles. The summed E-state index contributed by atoms with van der Waals surface area (Å²) >= 11 is 0. The highest BCUT2D eigenvalue weighted by atomic mass is 19.1. The van der Waals surface area contributed by atoms with Crippen LogP contribution in [0, 0.1) is 5.82 Å². The summed E-state index contributed by atoms with van der Waals surface area (Å²) in [5.41, 5.74) is 3.85. The van der Waals surface area contributed by atoms with Crippen LogP contribution in [0.15, 0.2) is 48.7 Å². The first-order valence-electron chi connectivity index (χ1n) is 10.3. The Kier molecular flexibility index (Phi) is 5.53. The normalized spacial score (nSPS) is 19.7. The molecule has 0 aromatic heterocycles. The van der Waals surface area contributed by atoms with Gasteiger partial charge in [0.15, 0.2) is 0 Å². The van der Waals surface area contributed by atoms with Gasteiger partial charge in [-0.1, -0.05) is 13.8 Å². The molecule has 6 heteroatoms. The van der Waals surface area contributed by atoms with Crippen molar-refractivity contribution in [3.8, 4) is 0 Å². The van der Waals surface area contributed by atoms with Crippen molar-refractivity contribution in [2.45, 2.75) is 26.3 Å². The molecule has 2 heterocycles. The maximum absolute atomic E-state index is 13.3. The van der Waals surface area contributed by atoms with E-state index < -0.39 is 0 Å². The second-order valence-corrected chi connectivity index (χ2v) is 7.50. The van der Waals surface area contributed by atoms with Gasteiger partial charge in [-0.15, -0.1) is 0 Å². The molecule has 0 aliphatic carbocycles. The third kappa shape index (κ3) is 3.98. The number of halogens is 1. The Morgan fingerprint density at radius 1 is 1.21 bits per heavy atom. The number of amides is 1. The summed E-state index contributed by atoms with van der Waals surface area (Å²) in [6.07, 6.45) is 2.88. The number of benzene rings is 2. The molecule has 2 aliphatic heterocycles. The Labute approximate surface area is 171 Å². The van der Waals surface area contributed by atoms with Gasteiger partial charge in [0, 0.05) is 42.3 Å². The third-order valence-corrected chi connectivity index (χ3v) is 5.87. The van der Waals surface area contributed by atoms with Crippen LogP contribution < -0.4 is 15.5 Å². The summed E-state index contributed by atoms with van der Waals surface area (Å²) in [4.78, 5) is 17.1. The molecule has 1 saturated heterocycles. The largest absolute Gasteiger partial charge is 0.370 e. The summed E-state index contributed by atoms with van der Waals surface area (Å²) < 4.78 is 13.3. The Bertz CT molecular complexity index is 921. The lowest BCUT2D eigenvalue weighted by Gasteiger charge is -2.26. The minimum atomic E-state index is -0.362. The predicted molar refractivity (Wildman–Crippen MR) is 117 cm³/mol. The van der Waals surface area contributed by atoms with Crippen LogP contribution in [0.2, 0.25) is 0 Å². The molecule has 4 rings (SSSR count). The number of hydrogen-bond acceptors (Lipinski definition) is 4. The Morgan fingerprint density at radius 3 is 2.69 bits per heavy atom. The lowest BCUT2D eigenvalue weighted by atomic mass is 10.1. The number of likely N-dealkylation sites (N-methyl/N-ethyl adjacent to an activating group) is 1. The molecule has 1 atom stereocenters. The first-order valence-corrected chi connectivity index (χ1v) is 10.3. The maximum Gasteiger partial charge on any atom is 0.257 e. The van der Waals surface area contributed by atoms with Gasteiger partial charge in [-0.05, 0) is 62.0 Å². The van der Waals surface area contributed by atoms with Crippen LogP contribution in [0.4, 0.5) is 21.5 Å². The highest BCUT2D eigenvalue weighted by molar-refractivity contribution is 6.31. The number of anilines is 3. The average molecular weight is 394 g/mol. The Balaban J connectivity index is 1.42. The second-order valence-electron chi connectivity index (χ2n) is 7.50. The summed E-state index contributed by atoms with van der Waals surface area (Å²) in [6, 6.07) is 13.2. The molecular formula is C23H27FN4O. The minimum absolute atomic E-state index is 0.228. The molecule has 0 spiro atoms. The Hall–Kier alpha value is -2.86. The highest BCUT2D eigenvalue weighted by Crippen LogP contribution is 2.32. The van der Waals surface area contributed by atoms with E-state index in [2.05, 4.69) is 46.4 Å². The molecule has 5 nitrogen and oxygen atoms in total. The smallest absolute Gasteiger partial charge is 0.257 e. The SMILES string of the molecule is CCN(CC)C1CCN(c2ccc(NC=C3C(=O)Nc4cc(F)ccc43)cc2)C1. The molecule has 2 aromatic rings. The van der Waals surface area contributed by atoms with Gasteiger partial charge in [0.05, 0.1) is 11.3 Å². The van der Waals surface area contributed by atoms with Crippen LogP contribution in [-0.4, -0.2) is 43.0 Å². The molecular weight excluding hydrogens is 367 g/mol. The van der Waals surface area contributed by atoms with Gasteiger partial charge in [0.2, 0.25) is 0 Å². The molecule has 152 valence electrons. The summed E-state index contributed by atoms with van der Waals surface area (Å²) in [5, 5.41) is 5.89. The standard InChI is InChI=1S/C23H27FN4O/c1-3-27(4-2)19-11-12-28(15-19)18-8-6-17(7-9-18)25-14-21-20-10-5-16(24)13-22(20)26-23(21)29/h5-10,13-14,19,25H,3-4,11-12,15H2,1-2H3,(H,26,29). The summed E-state index contributed by atoms with van der Waals surface area (Å²) in [5.74, 6) is -0.590. The van der Waals surface area contributed by atoms with Gasteiger partial charge < -0.3 is 15.5 Å². The van der Waals surface area contributed by atoms with Crippen LogP contribution in [0.1, 0.15) is 25.8 Å². The molecule has 0 radical (unpaired) electrons. The molecule has 1 amide bonds. The van der Waals surface area contributed by atoms with Crippen molar-refractivity contribution in [1.29, 1.82) is 0 Å². The molecule has 1 fully saturated rings. The topological polar surface area (TPSA) is 47.6 Å². The quantitative estimate of drug-likeness (QED) is 0.723. The number of hydrogen-bond donors (Lipinski definition) is 2. The van der Waals surface area contributed by atoms with E-state index in [9.17, 15) is 9.18 Å². The molecule has 2 N–H and O–H groups in total. The van der Waals surface area contributed by atoms with Crippen LogP contribution in [0.25, 0.3) is 5.57 Å². The monoisotopic (exact) mass is 394 g/mol. The fourth-order valence-electron chi connectivity index (χ4n) is 4.25. The maximum atomic E-state index is 13.3. The highest BCUT2D eigenvalue weighted by Gasteiger charge is 2.26. The van der Waals surface area contributed by atoms with E-state index >= 15 is 0 Å². The average Bonchev–Trinajstić information content (AvgIpc) is 3.32. The van der Waals surface area contributed by atoms with Crippen molar-refractivity contribution in [3.05, 3.63) is 60.0 Å². The van der Waals surface area contributed by atoms with Gasteiger partial charge in [-0.3, -0.25) is 9.69 Å². The predicted octanol–water partition coefficient (Wildman–Crippen LogP) is 4.15. The first-order chi connectivity index (χ1) is 14.1. The molecule has 29 heavy (non-hydrogen) atoms. The van der Waals surface area contributed by atoms with E-state index in [1.807, 2.05) is 12.1 Å². The number of carbonyl (C=O) groups excluding carboxylic acids is 1. The van der Waals surface area contributed by atoms with Gasteiger partial charge >= 0.3 is 0 Å². The van der Waals surface area contributed by atoms with Crippen LogP contribution in [0.5, 0.6) is 0 Å². The van der Waals surface area contributed by atoms with Crippen LogP contribution in [-0.2, 0) is 4.79 Å². The number of nitrogens with zero attached hydrogens (tertiary/aromatic N) is 2. The van der Waals surface area contributed by atoms with Gasteiger partial charge in [-0.25, -0.2) is 4.39 Å². The van der Waals surface area contributed by atoms with Crippen molar-refractivity contribution in [2.75, 3.05) is 41.7 Å². The fraction of sp³-hybridized carbons (Fsp3) is 0.348. The van der Waals surface area contributed by atoms with Crippen molar-refractivity contribution < 1.29 is 9.18 Å². The van der Waals surface area contributed by atoms with Crippen molar-refractivity contribution in [3.63, 3.8) is 0 Å². The van der Waals surface area contributed by atoms with Crippen molar-refractivity contribution in [1.82, 2.24) is 4.90 Å². The van der Waals surface area contributed by atoms with Gasteiger partial charge in [0.25, 0.3) is 5.91 Å². The lowest BCUT2D eigenvalue weighted by Crippen LogP contribution is -2.37. The summed E-state index contributed by atoms with van der Waals surface area (Å²) in [6.45, 7) is 8.77. The number of fused-ring (bicyclic) bond motifs is 1. The lowest BCUT2D eigenvalue weighted by molar-refractivity contribution is -0.110. The molecule has 2 aliphatic rings. The van der Waals surface area contributed by atoms with E-state index in [-0.39, 0.29) is 11.7 Å². The number of nitrogens with one attached hydrogen (secondary N) is 2. The minimum Gasteiger partial charge on any atom is -0.370 e. The van der Waals surface area contributed by atoms with E-state index in [4.69, 9.17) is 0 Å². The molecule has 1 unspecified atom stereocenters. The second kappa shape index (κ2) is 8.25. The number of carbonyl (C=O) groups is 1. The number of rotatable bonds is 6. The van der Waals surface area contributed by atoms with Gasteiger partial charge in [-0.2, -0.15) is 0 Å². The van der Waals surface area contributed by atoms with E-state index in [0.717, 1.165) is 31.9 Å². The fourth-order valence-corrected chi connectivity index (χ4v) is 4.25. The van der Waals surface area contributed by atoms with Crippen molar-refractivity contribution >= 4 is 28.5 Å². The van der Waals surface area contributed by atoms with Crippen molar-refractivity contribution in [2.24, 2.45) is 0 Å². The van der Waals surface area contributed by atoms with Crippen LogP contribution >= 0.6 is 0 Å². The molecule has 0 bridgehead atoms. The third-order valence-electron chi connectivity index (χ3n) is 5.87.